The number of carbonyl (C=O) groups is 1. The molecule has 2 unspecified atom stereocenters. The molecule has 0 saturated carbocycles. The van der Waals surface area contributed by atoms with E-state index in [1.54, 1.807) is 11.3 Å². The van der Waals surface area contributed by atoms with Gasteiger partial charge in [0.1, 0.15) is 0 Å². The smallest absolute Gasteiger partial charge is 0.236 e. The average Bonchev–Trinajstić information content (AvgIpc) is 3.20. The minimum absolute atomic E-state index is 0.242. The number of hydrogen-bond acceptors (Lipinski definition) is 4. The topological polar surface area (TPSA) is 35.6 Å². The Balaban J connectivity index is 1.53. The van der Waals surface area contributed by atoms with Crippen LogP contribution in [0.25, 0.3) is 0 Å². The van der Waals surface area contributed by atoms with Crippen molar-refractivity contribution in [2.24, 2.45) is 0 Å². The zero-order chi connectivity index (χ0) is 14.7. The van der Waals surface area contributed by atoms with E-state index >= 15 is 0 Å². The summed E-state index contributed by atoms with van der Waals surface area (Å²) < 4.78 is 0. The van der Waals surface area contributed by atoms with Crippen molar-refractivity contribution in [2.45, 2.75) is 44.3 Å². The lowest BCUT2D eigenvalue weighted by atomic mass is 10.0. The Morgan fingerprint density at radius 2 is 2.38 bits per heavy atom. The number of nitrogens with zero attached hydrogens (tertiary/aromatic N) is 2. The number of nitrogens with one attached hydrogen (secondary N) is 1. The van der Waals surface area contributed by atoms with E-state index in [0.29, 0.717) is 18.6 Å². The molecule has 2 aliphatic heterocycles. The molecule has 1 aromatic heterocycles. The first kappa shape index (κ1) is 15.0. The third-order valence-electron chi connectivity index (χ3n) is 4.74. The van der Waals surface area contributed by atoms with Gasteiger partial charge in [-0.1, -0.05) is 0 Å². The maximum Gasteiger partial charge on any atom is 0.236 e. The first-order valence-corrected chi connectivity index (χ1v) is 8.91. The highest BCUT2D eigenvalue weighted by molar-refractivity contribution is 7.07. The molecule has 3 rings (SSSR count). The second kappa shape index (κ2) is 6.90. The minimum Gasteiger partial charge on any atom is -0.340 e. The molecule has 1 N–H and O–H groups in total. The van der Waals surface area contributed by atoms with Crippen LogP contribution in [0.15, 0.2) is 16.8 Å². The van der Waals surface area contributed by atoms with Crippen molar-refractivity contribution in [2.75, 3.05) is 26.7 Å². The van der Waals surface area contributed by atoms with Crippen LogP contribution < -0.4 is 5.32 Å². The number of likely N-dealkylation sites (N-methyl/N-ethyl adjacent to an activating group) is 1. The van der Waals surface area contributed by atoms with Gasteiger partial charge < -0.3 is 10.2 Å². The maximum absolute atomic E-state index is 12.5. The van der Waals surface area contributed by atoms with Gasteiger partial charge in [0.05, 0.1) is 6.54 Å². The Kier molecular flexibility index (Phi) is 4.93. The Bertz CT molecular complexity index is 456. The van der Waals surface area contributed by atoms with Crippen LogP contribution in [0.4, 0.5) is 0 Å². The highest BCUT2D eigenvalue weighted by Gasteiger charge is 2.34. The second-order valence-corrected chi connectivity index (χ2v) is 7.04. The SMILES string of the molecule is CN(Cc1ccsc1)C(=O)CN1CCCC1C1CCCN1. The van der Waals surface area contributed by atoms with E-state index in [1.165, 1.54) is 31.2 Å². The summed E-state index contributed by atoms with van der Waals surface area (Å²) in [4.78, 5) is 16.7. The molecule has 4 nitrogen and oxygen atoms in total. The standard InChI is InChI=1S/C16H25N3OS/c1-18(10-13-6-9-21-12-13)16(20)11-19-8-3-5-15(19)14-4-2-7-17-14/h6,9,12,14-15,17H,2-5,7-8,10-11H2,1H3. The van der Waals surface area contributed by atoms with Crippen molar-refractivity contribution >= 4 is 17.2 Å². The molecule has 0 aromatic carbocycles. The van der Waals surface area contributed by atoms with Crippen LogP contribution in [-0.2, 0) is 11.3 Å². The predicted octanol–water partition coefficient (Wildman–Crippen LogP) is 1.92. The second-order valence-electron chi connectivity index (χ2n) is 6.26. The molecule has 0 bridgehead atoms. The zero-order valence-corrected chi connectivity index (χ0v) is 13.6. The van der Waals surface area contributed by atoms with Crippen LogP contribution in [0.5, 0.6) is 0 Å². The summed E-state index contributed by atoms with van der Waals surface area (Å²) in [6.45, 7) is 3.51. The van der Waals surface area contributed by atoms with Gasteiger partial charge in [0.2, 0.25) is 5.91 Å². The molecule has 2 fully saturated rings. The number of rotatable bonds is 5. The van der Waals surface area contributed by atoms with E-state index in [4.69, 9.17) is 0 Å². The Labute approximate surface area is 131 Å². The van der Waals surface area contributed by atoms with Crippen LogP contribution in [0.1, 0.15) is 31.2 Å². The van der Waals surface area contributed by atoms with Crippen molar-refractivity contribution < 1.29 is 4.79 Å². The molecule has 2 atom stereocenters. The third kappa shape index (κ3) is 3.65. The molecule has 21 heavy (non-hydrogen) atoms. The lowest BCUT2D eigenvalue weighted by Gasteiger charge is -2.30. The fraction of sp³-hybridized carbons (Fsp3) is 0.688. The van der Waals surface area contributed by atoms with Crippen LogP contribution >= 0.6 is 11.3 Å². The van der Waals surface area contributed by atoms with Gasteiger partial charge in [0.25, 0.3) is 0 Å². The van der Waals surface area contributed by atoms with E-state index in [2.05, 4.69) is 27.0 Å². The van der Waals surface area contributed by atoms with Crippen LogP contribution in [0.3, 0.4) is 0 Å². The van der Waals surface area contributed by atoms with Gasteiger partial charge in [-0.05, 0) is 61.2 Å². The molecule has 0 aliphatic carbocycles. The summed E-state index contributed by atoms with van der Waals surface area (Å²) in [5, 5.41) is 7.78. The molecule has 1 aromatic rings. The Morgan fingerprint density at radius 1 is 1.48 bits per heavy atom. The monoisotopic (exact) mass is 307 g/mol. The Hall–Kier alpha value is -0.910. The Morgan fingerprint density at radius 3 is 3.10 bits per heavy atom. The van der Waals surface area contributed by atoms with Gasteiger partial charge >= 0.3 is 0 Å². The van der Waals surface area contributed by atoms with Gasteiger partial charge in [-0.2, -0.15) is 11.3 Å². The fourth-order valence-corrected chi connectivity index (χ4v) is 4.24. The van der Waals surface area contributed by atoms with Gasteiger partial charge in [0, 0.05) is 25.7 Å². The van der Waals surface area contributed by atoms with Gasteiger partial charge in [0.15, 0.2) is 0 Å². The van der Waals surface area contributed by atoms with Crippen molar-refractivity contribution in [1.82, 2.24) is 15.1 Å². The first-order chi connectivity index (χ1) is 10.2. The summed E-state index contributed by atoms with van der Waals surface area (Å²) in [7, 11) is 1.92. The molecule has 0 radical (unpaired) electrons. The van der Waals surface area contributed by atoms with Gasteiger partial charge in [-0.25, -0.2) is 0 Å². The van der Waals surface area contributed by atoms with Crippen LogP contribution in [0, 0.1) is 0 Å². The minimum atomic E-state index is 0.242. The summed E-state index contributed by atoms with van der Waals surface area (Å²) >= 11 is 1.69. The highest BCUT2D eigenvalue weighted by atomic mass is 32.1. The van der Waals surface area contributed by atoms with Crippen molar-refractivity contribution in [3.05, 3.63) is 22.4 Å². The normalized spacial score (nSPS) is 26.3. The van der Waals surface area contributed by atoms with Crippen molar-refractivity contribution in [3.8, 4) is 0 Å². The quantitative estimate of drug-likeness (QED) is 0.903. The molecule has 2 saturated heterocycles. The van der Waals surface area contributed by atoms with E-state index in [9.17, 15) is 4.79 Å². The largest absolute Gasteiger partial charge is 0.340 e. The molecule has 2 aliphatic rings. The average molecular weight is 307 g/mol. The number of amides is 1. The molecular formula is C16H25N3OS. The zero-order valence-electron chi connectivity index (χ0n) is 12.8. The molecular weight excluding hydrogens is 282 g/mol. The summed E-state index contributed by atoms with van der Waals surface area (Å²) in [6.07, 6.45) is 5.00. The third-order valence-corrected chi connectivity index (χ3v) is 5.47. The fourth-order valence-electron chi connectivity index (χ4n) is 3.58. The van der Waals surface area contributed by atoms with Crippen molar-refractivity contribution in [3.63, 3.8) is 0 Å². The number of likely N-dealkylation sites (tertiary alicyclic amines) is 1. The lowest BCUT2D eigenvalue weighted by Crippen LogP contribution is -2.47. The lowest BCUT2D eigenvalue weighted by molar-refractivity contribution is -0.132. The predicted molar refractivity (Wildman–Crippen MR) is 86.4 cm³/mol. The number of carbonyl (C=O) groups excluding carboxylic acids is 1. The maximum atomic E-state index is 12.5. The summed E-state index contributed by atoms with van der Waals surface area (Å²) in [6, 6.07) is 3.25. The van der Waals surface area contributed by atoms with Crippen LogP contribution in [0.2, 0.25) is 0 Å². The van der Waals surface area contributed by atoms with E-state index in [1.807, 2.05) is 11.9 Å². The van der Waals surface area contributed by atoms with Crippen molar-refractivity contribution in [1.29, 1.82) is 0 Å². The highest BCUT2D eigenvalue weighted by Crippen LogP contribution is 2.24. The van der Waals surface area contributed by atoms with Gasteiger partial charge in [-0.15, -0.1) is 0 Å². The first-order valence-electron chi connectivity index (χ1n) is 7.96. The van der Waals surface area contributed by atoms with E-state index < -0.39 is 0 Å². The van der Waals surface area contributed by atoms with Gasteiger partial charge in [-0.3, -0.25) is 9.69 Å². The molecule has 3 heterocycles. The van der Waals surface area contributed by atoms with E-state index in [0.717, 1.165) is 19.6 Å². The van der Waals surface area contributed by atoms with E-state index in [-0.39, 0.29) is 5.91 Å². The molecule has 116 valence electrons. The summed E-state index contributed by atoms with van der Waals surface area (Å²) in [5.41, 5.74) is 1.23. The van der Waals surface area contributed by atoms with Crippen LogP contribution in [-0.4, -0.2) is 54.5 Å². The summed E-state index contributed by atoms with van der Waals surface area (Å²) in [5.74, 6) is 0.242. The molecule has 0 spiro atoms. The molecule has 1 amide bonds. The number of hydrogen-bond donors (Lipinski definition) is 1. The number of thiophene rings is 1. The molecule has 5 heteroatoms.